The molecule has 0 amide bonds. The fraction of sp³-hybridized carbons (Fsp3) is 0.417. The van der Waals surface area contributed by atoms with Crippen molar-refractivity contribution in [2.45, 2.75) is 13.5 Å². The van der Waals surface area contributed by atoms with Gasteiger partial charge in [0.05, 0.1) is 13.7 Å². The number of carbonyl (C=O) groups excluding carboxylic acids is 1. The molecule has 0 spiro atoms. The molecule has 16 heavy (non-hydrogen) atoms. The summed E-state index contributed by atoms with van der Waals surface area (Å²) in [5.41, 5.74) is 0.981. The van der Waals surface area contributed by atoms with Crippen LogP contribution in [0.3, 0.4) is 0 Å². The lowest BCUT2D eigenvalue weighted by Gasteiger charge is -2.17. The van der Waals surface area contributed by atoms with E-state index in [1.165, 1.54) is 18.4 Å². The Hall–Kier alpha value is -1.31. The first-order chi connectivity index (χ1) is 7.72. The van der Waals surface area contributed by atoms with Gasteiger partial charge in [0.25, 0.3) is 0 Å². The summed E-state index contributed by atoms with van der Waals surface area (Å²) in [5.74, 6) is 2.33. The van der Waals surface area contributed by atoms with E-state index in [1.54, 1.807) is 0 Å². The number of methoxy groups -OCH3 is 1. The van der Waals surface area contributed by atoms with Gasteiger partial charge < -0.3 is 4.74 Å². The van der Waals surface area contributed by atoms with Crippen molar-refractivity contribution in [2.75, 3.05) is 20.2 Å². The summed E-state index contributed by atoms with van der Waals surface area (Å²) in [7, 11) is 1.39. The van der Waals surface area contributed by atoms with Crippen LogP contribution in [0.5, 0.6) is 0 Å². The molecule has 0 aliphatic rings. The second-order valence-corrected chi connectivity index (χ2v) is 4.19. The number of hydrogen-bond donors (Lipinski definition) is 0. The van der Waals surface area contributed by atoms with Gasteiger partial charge in [0.2, 0.25) is 0 Å². The monoisotopic (exact) mass is 237 g/mol. The van der Waals surface area contributed by atoms with Crippen molar-refractivity contribution in [3.63, 3.8) is 0 Å². The third-order valence-corrected chi connectivity index (χ3v) is 3.21. The van der Waals surface area contributed by atoms with Crippen LogP contribution in [-0.4, -0.2) is 31.1 Å². The highest BCUT2D eigenvalue weighted by atomic mass is 32.1. The maximum absolute atomic E-state index is 11.5. The lowest BCUT2D eigenvalue weighted by molar-refractivity contribution is 0.0604. The molecule has 0 saturated heterocycles. The van der Waals surface area contributed by atoms with E-state index >= 15 is 0 Å². The second-order valence-electron chi connectivity index (χ2n) is 3.27. The molecule has 0 radical (unpaired) electrons. The third-order valence-electron chi connectivity index (χ3n) is 2.27. The summed E-state index contributed by atoms with van der Waals surface area (Å²) >= 11 is 1.40. The van der Waals surface area contributed by atoms with Gasteiger partial charge >= 0.3 is 5.97 Å². The summed E-state index contributed by atoms with van der Waals surface area (Å²) in [6.45, 7) is 4.18. The van der Waals surface area contributed by atoms with Crippen LogP contribution in [0, 0.1) is 12.3 Å². The number of thiophene rings is 1. The highest BCUT2D eigenvalue weighted by Gasteiger charge is 2.14. The van der Waals surface area contributed by atoms with Crippen molar-refractivity contribution < 1.29 is 9.53 Å². The molecule has 0 N–H and O–H groups in total. The standard InChI is InChI=1S/C12H15NO2S/c1-4-7-13(5-2)9-10-6-8-16-11(10)12(14)15-3/h1,6,8H,5,7,9H2,2-3H3. The zero-order valence-electron chi connectivity index (χ0n) is 9.53. The van der Waals surface area contributed by atoms with E-state index in [4.69, 9.17) is 11.2 Å². The highest BCUT2D eigenvalue weighted by molar-refractivity contribution is 7.12. The molecule has 1 aromatic heterocycles. The molecule has 1 rings (SSSR count). The molecule has 86 valence electrons. The minimum Gasteiger partial charge on any atom is -0.465 e. The van der Waals surface area contributed by atoms with Crippen LogP contribution in [0.1, 0.15) is 22.2 Å². The maximum Gasteiger partial charge on any atom is 0.348 e. The minimum absolute atomic E-state index is 0.276. The van der Waals surface area contributed by atoms with Crippen LogP contribution >= 0.6 is 11.3 Å². The lowest BCUT2D eigenvalue weighted by Crippen LogP contribution is -2.23. The Morgan fingerprint density at radius 2 is 2.44 bits per heavy atom. The van der Waals surface area contributed by atoms with Crippen LogP contribution in [-0.2, 0) is 11.3 Å². The molecule has 3 nitrogen and oxygen atoms in total. The van der Waals surface area contributed by atoms with Crippen molar-refractivity contribution in [3.8, 4) is 12.3 Å². The Labute approximate surface area is 100 Å². The van der Waals surface area contributed by atoms with E-state index in [2.05, 4.69) is 10.8 Å². The second kappa shape index (κ2) is 6.31. The van der Waals surface area contributed by atoms with E-state index in [1.807, 2.05) is 18.4 Å². The molecule has 0 aromatic carbocycles. The van der Waals surface area contributed by atoms with Crippen LogP contribution in [0.25, 0.3) is 0 Å². The number of nitrogens with zero attached hydrogens (tertiary/aromatic N) is 1. The molecule has 0 saturated carbocycles. The zero-order chi connectivity index (χ0) is 12.0. The molecule has 1 aromatic rings. The molecule has 0 bridgehead atoms. The van der Waals surface area contributed by atoms with Crippen LogP contribution in [0.15, 0.2) is 11.4 Å². The molecule has 0 unspecified atom stereocenters. The summed E-state index contributed by atoms with van der Waals surface area (Å²) in [6, 6.07) is 1.94. The first kappa shape index (κ1) is 12.8. The van der Waals surface area contributed by atoms with Gasteiger partial charge in [-0.2, -0.15) is 0 Å². The first-order valence-electron chi connectivity index (χ1n) is 5.03. The number of terminal acetylenes is 1. The SMILES string of the molecule is C#CCN(CC)Cc1ccsc1C(=O)OC. The zero-order valence-corrected chi connectivity index (χ0v) is 10.3. The Morgan fingerprint density at radius 1 is 1.69 bits per heavy atom. The fourth-order valence-electron chi connectivity index (χ4n) is 1.38. The topological polar surface area (TPSA) is 29.5 Å². The van der Waals surface area contributed by atoms with Gasteiger partial charge in [0.15, 0.2) is 0 Å². The summed E-state index contributed by atoms with van der Waals surface area (Å²) in [4.78, 5) is 14.2. The number of carbonyl (C=O) groups is 1. The van der Waals surface area contributed by atoms with Crippen LogP contribution < -0.4 is 0 Å². The van der Waals surface area contributed by atoms with E-state index in [-0.39, 0.29) is 5.97 Å². The number of hydrogen-bond acceptors (Lipinski definition) is 4. The molecule has 0 atom stereocenters. The molecule has 1 heterocycles. The maximum atomic E-state index is 11.5. The average Bonchev–Trinajstić information content (AvgIpc) is 2.75. The van der Waals surface area contributed by atoms with E-state index in [9.17, 15) is 4.79 Å². The minimum atomic E-state index is -0.276. The van der Waals surface area contributed by atoms with Crippen molar-refractivity contribution in [3.05, 3.63) is 21.9 Å². The molecule has 4 heteroatoms. The first-order valence-corrected chi connectivity index (χ1v) is 5.91. The number of rotatable bonds is 5. The Balaban J connectivity index is 2.77. The molecule has 0 fully saturated rings. The lowest BCUT2D eigenvalue weighted by atomic mass is 10.2. The molecule has 0 aliphatic heterocycles. The van der Waals surface area contributed by atoms with Gasteiger partial charge in [-0.25, -0.2) is 4.79 Å². The fourth-order valence-corrected chi connectivity index (χ4v) is 2.21. The summed E-state index contributed by atoms with van der Waals surface area (Å²) in [6.07, 6.45) is 5.28. The number of esters is 1. The molecule has 0 aliphatic carbocycles. The van der Waals surface area contributed by atoms with Gasteiger partial charge in [-0.15, -0.1) is 17.8 Å². The predicted octanol–water partition coefficient (Wildman–Crippen LogP) is 1.99. The van der Waals surface area contributed by atoms with Gasteiger partial charge in [0.1, 0.15) is 4.88 Å². The van der Waals surface area contributed by atoms with Crippen molar-refractivity contribution in [1.82, 2.24) is 4.90 Å². The summed E-state index contributed by atoms with van der Waals surface area (Å²) in [5, 5.41) is 1.89. The van der Waals surface area contributed by atoms with E-state index in [0.29, 0.717) is 18.0 Å². The molecular formula is C12H15NO2S. The van der Waals surface area contributed by atoms with Gasteiger partial charge in [-0.05, 0) is 23.6 Å². The number of ether oxygens (including phenoxy) is 1. The van der Waals surface area contributed by atoms with E-state index < -0.39 is 0 Å². The Bertz CT molecular complexity index is 392. The normalized spacial score (nSPS) is 10.1. The molecular weight excluding hydrogens is 222 g/mol. The van der Waals surface area contributed by atoms with Crippen molar-refractivity contribution in [1.29, 1.82) is 0 Å². The predicted molar refractivity (Wildman–Crippen MR) is 65.4 cm³/mol. The summed E-state index contributed by atoms with van der Waals surface area (Å²) < 4.78 is 4.72. The van der Waals surface area contributed by atoms with Gasteiger partial charge in [0, 0.05) is 6.54 Å². The van der Waals surface area contributed by atoms with Gasteiger partial charge in [-0.3, -0.25) is 4.90 Å². The Kier molecular flexibility index (Phi) is 5.03. The highest BCUT2D eigenvalue weighted by Crippen LogP contribution is 2.19. The Morgan fingerprint density at radius 3 is 3.00 bits per heavy atom. The van der Waals surface area contributed by atoms with Crippen LogP contribution in [0.4, 0.5) is 0 Å². The smallest absolute Gasteiger partial charge is 0.348 e. The van der Waals surface area contributed by atoms with Crippen molar-refractivity contribution in [2.24, 2.45) is 0 Å². The van der Waals surface area contributed by atoms with Gasteiger partial charge in [-0.1, -0.05) is 12.8 Å². The quantitative estimate of drug-likeness (QED) is 0.579. The van der Waals surface area contributed by atoms with E-state index in [0.717, 1.165) is 12.1 Å². The third kappa shape index (κ3) is 3.09. The van der Waals surface area contributed by atoms with Crippen molar-refractivity contribution >= 4 is 17.3 Å². The van der Waals surface area contributed by atoms with Crippen LogP contribution in [0.2, 0.25) is 0 Å². The largest absolute Gasteiger partial charge is 0.465 e. The average molecular weight is 237 g/mol.